The zero-order valence-corrected chi connectivity index (χ0v) is 13.2. The van der Waals surface area contributed by atoms with Gasteiger partial charge >= 0.3 is 0 Å². The van der Waals surface area contributed by atoms with Gasteiger partial charge < -0.3 is 14.4 Å². The van der Waals surface area contributed by atoms with Gasteiger partial charge in [0.15, 0.2) is 0 Å². The number of hydrogen-bond acceptors (Lipinski definition) is 5. The molecule has 2 aliphatic heterocycles. The molecule has 0 unspecified atom stereocenters. The molecule has 3 heterocycles. The van der Waals surface area contributed by atoms with Gasteiger partial charge in [0.25, 0.3) is 0 Å². The molecule has 2 fully saturated rings. The SMILES string of the molecule is Cc1cccc(CN2CCOC[C@@]3(C2)CN(C)C(=O)CO3)n1. The second-order valence-electron chi connectivity index (χ2n) is 6.26. The van der Waals surface area contributed by atoms with E-state index in [0.717, 1.165) is 31.0 Å². The molecule has 1 amide bonds. The van der Waals surface area contributed by atoms with E-state index in [4.69, 9.17) is 9.47 Å². The number of rotatable bonds is 2. The fourth-order valence-corrected chi connectivity index (χ4v) is 3.11. The predicted molar refractivity (Wildman–Crippen MR) is 81.4 cm³/mol. The summed E-state index contributed by atoms with van der Waals surface area (Å²) in [5.41, 5.74) is 1.65. The molecule has 0 aromatic carbocycles. The van der Waals surface area contributed by atoms with Crippen LogP contribution in [0.3, 0.4) is 0 Å². The van der Waals surface area contributed by atoms with Crippen molar-refractivity contribution in [3.63, 3.8) is 0 Å². The molecule has 6 nitrogen and oxygen atoms in total. The first-order valence-electron chi connectivity index (χ1n) is 7.67. The van der Waals surface area contributed by atoms with Crippen molar-refractivity contribution in [3.05, 3.63) is 29.6 Å². The zero-order valence-electron chi connectivity index (χ0n) is 13.2. The normalized spacial score (nSPS) is 27.2. The van der Waals surface area contributed by atoms with Crippen molar-refractivity contribution in [1.82, 2.24) is 14.8 Å². The number of pyridine rings is 1. The third-order valence-electron chi connectivity index (χ3n) is 4.21. The molecule has 2 saturated heterocycles. The Bertz CT molecular complexity index is 551. The van der Waals surface area contributed by atoms with E-state index in [1.54, 1.807) is 4.90 Å². The number of ether oxygens (including phenoxy) is 2. The molecule has 3 rings (SSSR count). The maximum absolute atomic E-state index is 11.7. The summed E-state index contributed by atoms with van der Waals surface area (Å²) in [5.74, 6) is 0.0294. The van der Waals surface area contributed by atoms with E-state index in [1.165, 1.54) is 0 Å². The minimum Gasteiger partial charge on any atom is -0.377 e. The van der Waals surface area contributed by atoms with Crippen molar-refractivity contribution in [3.8, 4) is 0 Å². The van der Waals surface area contributed by atoms with Crippen LogP contribution in [0.15, 0.2) is 18.2 Å². The van der Waals surface area contributed by atoms with Crippen LogP contribution in [0.25, 0.3) is 0 Å². The molecule has 1 atom stereocenters. The van der Waals surface area contributed by atoms with E-state index in [1.807, 2.05) is 32.2 Å². The number of morpholine rings is 1. The Morgan fingerprint density at radius 2 is 2.23 bits per heavy atom. The van der Waals surface area contributed by atoms with E-state index >= 15 is 0 Å². The molecule has 1 spiro atoms. The van der Waals surface area contributed by atoms with Crippen LogP contribution in [0, 0.1) is 6.92 Å². The lowest BCUT2D eigenvalue weighted by Gasteiger charge is -2.41. The van der Waals surface area contributed by atoms with Crippen molar-refractivity contribution >= 4 is 5.91 Å². The Kier molecular flexibility index (Phi) is 4.42. The first kappa shape index (κ1) is 15.4. The van der Waals surface area contributed by atoms with Crippen LogP contribution in [0.5, 0.6) is 0 Å². The van der Waals surface area contributed by atoms with E-state index in [9.17, 15) is 4.79 Å². The predicted octanol–water partition coefficient (Wildman–Crippen LogP) is 0.450. The highest BCUT2D eigenvalue weighted by Crippen LogP contribution is 2.23. The Morgan fingerprint density at radius 3 is 3.00 bits per heavy atom. The summed E-state index contributed by atoms with van der Waals surface area (Å²) in [6, 6.07) is 6.08. The van der Waals surface area contributed by atoms with Crippen LogP contribution < -0.4 is 0 Å². The first-order valence-corrected chi connectivity index (χ1v) is 7.67. The largest absolute Gasteiger partial charge is 0.377 e. The number of nitrogens with zero attached hydrogens (tertiary/aromatic N) is 3. The summed E-state index contributed by atoms with van der Waals surface area (Å²) in [7, 11) is 1.82. The maximum atomic E-state index is 11.7. The van der Waals surface area contributed by atoms with Gasteiger partial charge in [0.05, 0.1) is 25.5 Å². The standard InChI is InChI=1S/C16H23N3O3/c1-13-4-3-5-14(17-13)8-19-6-7-21-12-16(11-19)10-18(2)15(20)9-22-16/h3-5H,6-12H2,1-2H3/t16-/m0/s1. The smallest absolute Gasteiger partial charge is 0.248 e. The van der Waals surface area contributed by atoms with Crippen molar-refractivity contribution < 1.29 is 14.3 Å². The summed E-state index contributed by atoms with van der Waals surface area (Å²) in [6.45, 7) is 6.28. The number of amides is 1. The van der Waals surface area contributed by atoms with Crippen LogP contribution in [0.2, 0.25) is 0 Å². The Hall–Kier alpha value is -1.50. The molecule has 0 bridgehead atoms. The average Bonchev–Trinajstić information content (AvgIpc) is 2.66. The number of hydrogen-bond donors (Lipinski definition) is 0. The molecule has 2 aliphatic rings. The van der Waals surface area contributed by atoms with Crippen molar-refractivity contribution in [2.75, 3.05) is 46.5 Å². The highest BCUT2D eigenvalue weighted by atomic mass is 16.6. The van der Waals surface area contributed by atoms with Gasteiger partial charge in [0, 0.05) is 32.4 Å². The number of likely N-dealkylation sites (N-methyl/N-ethyl adjacent to an activating group) is 1. The zero-order chi connectivity index (χ0) is 15.6. The second kappa shape index (κ2) is 6.32. The topological polar surface area (TPSA) is 54.9 Å². The van der Waals surface area contributed by atoms with E-state index in [0.29, 0.717) is 19.8 Å². The summed E-state index contributed by atoms with van der Waals surface area (Å²) >= 11 is 0. The molecule has 1 aromatic heterocycles. The highest BCUT2D eigenvalue weighted by Gasteiger charge is 2.41. The minimum absolute atomic E-state index is 0.0294. The number of aryl methyl sites for hydroxylation is 1. The van der Waals surface area contributed by atoms with Crippen molar-refractivity contribution in [2.24, 2.45) is 0 Å². The second-order valence-corrected chi connectivity index (χ2v) is 6.26. The fourth-order valence-electron chi connectivity index (χ4n) is 3.11. The van der Waals surface area contributed by atoms with Gasteiger partial charge in [0.1, 0.15) is 12.2 Å². The van der Waals surface area contributed by atoms with E-state index in [2.05, 4.69) is 9.88 Å². The maximum Gasteiger partial charge on any atom is 0.248 e. The first-order chi connectivity index (χ1) is 10.6. The number of aromatic nitrogens is 1. The minimum atomic E-state index is -0.428. The van der Waals surface area contributed by atoms with Crippen molar-refractivity contribution in [2.45, 2.75) is 19.1 Å². The highest BCUT2D eigenvalue weighted by molar-refractivity contribution is 5.78. The lowest BCUT2D eigenvalue weighted by Crippen LogP contribution is -2.59. The number of carbonyl (C=O) groups is 1. The van der Waals surface area contributed by atoms with Gasteiger partial charge in [-0.05, 0) is 19.1 Å². The molecule has 6 heteroatoms. The van der Waals surface area contributed by atoms with Gasteiger partial charge in [-0.2, -0.15) is 0 Å². The van der Waals surface area contributed by atoms with Crippen LogP contribution in [0.1, 0.15) is 11.4 Å². The Labute approximate surface area is 131 Å². The van der Waals surface area contributed by atoms with Gasteiger partial charge in [-0.1, -0.05) is 6.07 Å². The van der Waals surface area contributed by atoms with Crippen LogP contribution in [-0.2, 0) is 20.8 Å². The fraction of sp³-hybridized carbons (Fsp3) is 0.625. The summed E-state index contributed by atoms with van der Waals surface area (Å²) in [6.07, 6.45) is 0. The molecule has 22 heavy (non-hydrogen) atoms. The molecule has 1 aromatic rings. The number of carbonyl (C=O) groups excluding carboxylic acids is 1. The molecular weight excluding hydrogens is 282 g/mol. The van der Waals surface area contributed by atoms with Gasteiger partial charge in [-0.3, -0.25) is 14.7 Å². The summed E-state index contributed by atoms with van der Waals surface area (Å²) in [4.78, 5) is 20.3. The van der Waals surface area contributed by atoms with E-state index < -0.39 is 5.60 Å². The van der Waals surface area contributed by atoms with Gasteiger partial charge in [-0.15, -0.1) is 0 Å². The quantitative estimate of drug-likeness (QED) is 0.794. The average molecular weight is 305 g/mol. The lowest BCUT2D eigenvalue weighted by molar-refractivity contribution is -0.170. The third kappa shape index (κ3) is 3.45. The monoisotopic (exact) mass is 305 g/mol. The van der Waals surface area contributed by atoms with Crippen LogP contribution >= 0.6 is 0 Å². The molecule has 0 N–H and O–H groups in total. The van der Waals surface area contributed by atoms with Gasteiger partial charge in [0.2, 0.25) is 5.91 Å². The molecule has 120 valence electrons. The molecular formula is C16H23N3O3. The molecule has 0 aliphatic carbocycles. The third-order valence-corrected chi connectivity index (χ3v) is 4.21. The summed E-state index contributed by atoms with van der Waals surface area (Å²) < 4.78 is 11.6. The van der Waals surface area contributed by atoms with Crippen molar-refractivity contribution in [1.29, 1.82) is 0 Å². The van der Waals surface area contributed by atoms with Crippen LogP contribution in [0.4, 0.5) is 0 Å². The summed E-state index contributed by atoms with van der Waals surface area (Å²) in [5, 5.41) is 0. The van der Waals surface area contributed by atoms with Gasteiger partial charge in [-0.25, -0.2) is 0 Å². The Morgan fingerprint density at radius 1 is 1.36 bits per heavy atom. The Balaban J connectivity index is 1.71. The lowest BCUT2D eigenvalue weighted by atomic mass is 10.0. The van der Waals surface area contributed by atoms with Crippen LogP contribution in [-0.4, -0.2) is 72.8 Å². The molecule has 0 saturated carbocycles. The molecule has 0 radical (unpaired) electrons. The van der Waals surface area contributed by atoms with E-state index in [-0.39, 0.29) is 12.5 Å².